The molecule has 2 unspecified atom stereocenters. The lowest BCUT2D eigenvalue weighted by Crippen LogP contribution is -2.05. The van der Waals surface area contributed by atoms with Crippen LogP contribution in [-0.4, -0.2) is 9.85 Å². The molecule has 8 heteroatoms. The molecule has 6 nitrogen and oxygen atoms in total. The van der Waals surface area contributed by atoms with Crippen LogP contribution in [0.1, 0.15) is 31.9 Å². The van der Waals surface area contributed by atoms with Gasteiger partial charge in [-0.2, -0.15) is 0 Å². The van der Waals surface area contributed by atoms with Crippen molar-refractivity contribution in [2.45, 2.75) is 9.65 Å². The van der Waals surface area contributed by atoms with E-state index in [2.05, 4.69) is 31.9 Å². The first-order chi connectivity index (χ1) is 14.4. The minimum absolute atomic E-state index is 0.273. The summed E-state index contributed by atoms with van der Waals surface area (Å²) in [6.45, 7) is 0. The fraction of sp³-hybridized carbons (Fsp3) is 0.0909. The Morgan fingerprint density at radius 2 is 1.30 bits per heavy atom. The van der Waals surface area contributed by atoms with Crippen LogP contribution >= 0.6 is 31.9 Å². The molecule has 3 aromatic carbocycles. The summed E-state index contributed by atoms with van der Waals surface area (Å²) in [5.41, 5.74) is 1.81. The maximum atomic E-state index is 11.7. The molecule has 0 fully saturated rings. The number of nitro benzene ring substituents is 2. The highest BCUT2D eigenvalue weighted by Gasteiger charge is 2.30. The van der Waals surface area contributed by atoms with E-state index in [0.29, 0.717) is 11.1 Å². The van der Waals surface area contributed by atoms with Crippen molar-refractivity contribution in [3.05, 3.63) is 115 Å². The molecule has 0 N–H and O–H groups in total. The topological polar surface area (TPSA) is 86.3 Å². The Labute approximate surface area is 189 Å². The Bertz CT molecular complexity index is 1090. The molecule has 0 amide bonds. The van der Waals surface area contributed by atoms with Crippen molar-refractivity contribution in [2.24, 2.45) is 0 Å². The smallest absolute Gasteiger partial charge is 0.258 e. The Morgan fingerprint density at radius 1 is 0.733 bits per heavy atom. The molecule has 0 saturated heterocycles. The number of benzene rings is 3. The highest BCUT2D eigenvalue weighted by Crippen LogP contribution is 2.46. The van der Waals surface area contributed by atoms with Gasteiger partial charge >= 0.3 is 0 Å². The summed E-state index contributed by atoms with van der Waals surface area (Å²) in [7, 11) is 0. The number of nitro groups is 2. The van der Waals surface area contributed by atoms with E-state index in [-0.39, 0.29) is 16.2 Å². The van der Waals surface area contributed by atoms with Gasteiger partial charge in [-0.1, -0.05) is 98.6 Å². The number of halogens is 2. The zero-order valence-electron chi connectivity index (χ0n) is 15.5. The van der Waals surface area contributed by atoms with Crippen LogP contribution in [0.2, 0.25) is 0 Å². The van der Waals surface area contributed by atoms with Crippen molar-refractivity contribution in [1.82, 2.24) is 0 Å². The van der Waals surface area contributed by atoms with Crippen LogP contribution in [0.4, 0.5) is 11.4 Å². The van der Waals surface area contributed by atoms with Crippen molar-refractivity contribution >= 4 is 55.4 Å². The van der Waals surface area contributed by atoms with E-state index in [1.807, 2.05) is 60.7 Å². The van der Waals surface area contributed by atoms with E-state index in [9.17, 15) is 20.2 Å². The number of nitrogens with zero attached hydrogens (tertiary/aromatic N) is 2. The van der Waals surface area contributed by atoms with E-state index in [4.69, 9.17) is 0 Å². The van der Waals surface area contributed by atoms with Crippen LogP contribution in [0, 0.1) is 20.2 Å². The molecule has 0 heterocycles. The molecule has 0 aliphatic carbocycles. The lowest BCUT2D eigenvalue weighted by Gasteiger charge is -2.18. The van der Waals surface area contributed by atoms with Gasteiger partial charge < -0.3 is 0 Å². The van der Waals surface area contributed by atoms with Crippen LogP contribution in [0.3, 0.4) is 0 Å². The summed E-state index contributed by atoms with van der Waals surface area (Å²) >= 11 is 7.15. The van der Waals surface area contributed by atoms with Crippen molar-refractivity contribution in [3.8, 4) is 0 Å². The summed E-state index contributed by atoms with van der Waals surface area (Å²) in [5.74, 6) is 0. The maximum absolute atomic E-state index is 11.7. The molecule has 0 radical (unpaired) electrons. The first-order valence-electron chi connectivity index (χ1n) is 8.91. The van der Waals surface area contributed by atoms with Gasteiger partial charge in [0.05, 0.1) is 31.1 Å². The lowest BCUT2D eigenvalue weighted by molar-refractivity contribution is -0.394. The molecule has 0 spiro atoms. The Balaban J connectivity index is 2.10. The summed E-state index contributed by atoms with van der Waals surface area (Å²) in [4.78, 5) is 21.3. The molecule has 30 heavy (non-hydrogen) atoms. The van der Waals surface area contributed by atoms with Gasteiger partial charge in [-0.25, -0.2) is 0 Å². The SMILES string of the molecule is O=[N+]([O-])c1cc([N+](=O)[O-])c(C(Br)C(Br)c2ccccc2)cc1C=Cc1ccccc1. The predicted molar refractivity (Wildman–Crippen MR) is 125 cm³/mol. The van der Waals surface area contributed by atoms with Crippen LogP contribution in [0.25, 0.3) is 12.2 Å². The minimum Gasteiger partial charge on any atom is -0.258 e. The van der Waals surface area contributed by atoms with E-state index < -0.39 is 14.7 Å². The molecule has 0 aliphatic rings. The monoisotopic (exact) mass is 530 g/mol. The van der Waals surface area contributed by atoms with Gasteiger partial charge in [-0.15, -0.1) is 0 Å². The standard InChI is InChI=1S/C22H16Br2N2O4/c23-21(16-9-5-2-6-10-16)22(24)18-13-17(12-11-15-7-3-1-4-8-15)19(25(27)28)14-20(18)26(29)30/h1-14,21-22H. The average Bonchev–Trinajstić information content (AvgIpc) is 2.77. The molecule has 0 saturated carbocycles. The largest absolute Gasteiger partial charge is 0.283 e. The molecule has 3 aromatic rings. The molecular weight excluding hydrogens is 516 g/mol. The Hall–Kier alpha value is -2.84. The van der Waals surface area contributed by atoms with Gasteiger partial charge in [0, 0.05) is 5.56 Å². The Morgan fingerprint density at radius 3 is 1.87 bits per heavy atom. The van der Waals surface area contributed by atoms with Gasteiger partial charge in [0.15, 0.2) is 0 Å². The molecule has 0 bridgehead atoms. The van der Waals surface area contributed by atoms with E-state index in [0.717, 1.165) is 17.2 Å². The number of hydrogen-bond donors (Lipinski definition) is 0. The third-order valence-electron chi connectivity index (χ3n) is 4.50. The van der Waals surface area contributed by atoms with Crippen molar-refractivity contribution in [2.75, 3.05) is 0 Å². The van der Waals surface area contributed by atoms with E-state index in [1.54, 1.807) is 12.2 Å². The highest BCUT2D eigenvalue weighted by molar-refractivity contribution is 9.12. The van der Waals surface area contributed by atoms with Crippen molar-refractivity contribution in [3.63, 3.8) is 0 Å². The third-order valence-corrected chi connectivity index (χ3v) is 7.29. The summed E-state index contributed by atoms with van der Waals surface area (Å²) in [6.07, 6.45) is 3.34. The Kier molecular flexibility index (Phi) is 7.12. The van der Waals surface area contributed by atoms with Crippen LogP contribution in [0.5, 0.6) is 0 Å². The van der Waals surface area contributed by atoms with Crippen molar-refractivity contribution < 1.29 is 9.85 Å². The molecule has 0 aliphatic heterocycles. The van der Waals surface area contributed by atoms with Crippen LogP contribution < -0.4 is 0 Å². The molecule has 2 atom stereocenters. The molecular formula is C22H16Br2N2O4. The summed E-state index contributed by atoms with van der Waals surface area (Å²) < 4.78 is 0. The lowest BCUT2D eigenvalue weighted by atomic mass is 9.98. The minimum atomic E-state index is -0.604. The average molecular weight is 532 g/mol. The number of rotatable bonds is 7. The van der Waals surface area contributed by atoms with E-state index >= 15 is 0 Å². The number of alkyl halides is 2. The highest BCUT2D eigenvalue weighted by atomic mass is 79.9. The summed E-state index contributed by atoms with van der Waals surface area (Å²) in [5, 5.41) is 23.3. The fourth-order valence-electron chi connectivity index (χ4n) is 3.00. The second kappa shape index (κ2) is 9.77. The molecule has 152 valence electrons. The summed E-state index contributed by atoms with van der Waals surface area (Å²) in [6, 6.07) is 21.3. The van der Waals surface area contributed by atoms with E-state index in [1.165, 1.54) is 6.07 Å². The van der Waals surface area contributed by atoms with Crippen molar-refractivity contribution in [1.29, 1.82) is 0 Å². The van der Waals surface area contributed by atoms with Gasteiger partial charge in [0.1, 0.15) is 0 Å². The van der Waals surface area contributed by atoms with Gasteiger partial charge in [-0.3, -0.25) is 20.2 Å². The molecule has 3 rings (SSSR count). The number of hydrogen-bond acceptors (Lipinski definition) is 4. The van der Waals surface area contributed by atoms with Crippen LogP contribution in [-0.2, 0) is 0 Å². The second-order valence-corrected chi connectivity index (χ2v) is 8.42. The first-order valence-corrected chi connectivity index (χ1v) is 10.7. The predicted octanol–water partition coefficient (Wildman–Crippen LogP) is 7.25. The fourth-order valence-corrected chi connectivity index (χ4v) is 4.26. The van der Waals surface area contributed by atoms with Gasteiger partial charge in [0.2, 0.25) is 0 Å². The zero-order chi connectivity index (χ0) is 21.7. The normalized spacial score (nSPS) is 13.1. The second-order valence-electron chi connectivity index (χ2n) is 6.44. The quantitative estimate of drug-likeness (QED) is 0.139. The van der Waals surface area contributed by atoms with Gasteiger partial charge in [-0.05, 0) is 23.3 Å². The first kappa shape index (κ1) is 21.9. The molecule has 0 aromatic heterocycles. The van der Waals surface area contributed by atoms with Gasteiger partial charge in [0.25, 0.3) is 11.4 Å². The third kappa shape index (κ3) is 5.01. The maximum Gasteiger partial charge on any atom is 0.283 e. The van der Waals surface area contributed by atoms with Crippen LogP contribution in [0.15, 0.2) is 72.8 Å². The zero-order valence-corrected chi connectivity index (χ0v) is 18.7.